The Hall–Kier alpha value is -1.90. The van der Waals surface area contributed by atoms with E-state index in [2.05, 4.69) is 0 Å². The zero-order valence-electron chi connectivity index (χ0n) is 12.4. The van der Waals surface area contributed by atoms with Gasteiger partial charge in [0.15, 0.2) is 0 Å². The molecule has 2 aromatic carbocycles. The van der Waals surface area contributed by atoms with Gasteiger partial charge in [0.05, 0.1) is 0 Å². The minimum atomic E-state index is -0.261. The van der Waals surface area contributed by atoms with E-state index in [0.29, 0.717) is 16.1 Å². The number of benzene rings is 2. The SMILES string of the molecule is CC1(C)C(=O)N2c3cc(C(=O)c4ccccc4)ccc3[Se]C21. The summed E-state index contributed by atoms with van der Waals surface area (Å²) >= 11 is 0.265. The number of amides is 1. The molecule has 0 saturated carbocycles. The molecule has 0 aliphatic carbocycles. The number of β-lactam (4-membered cyclic amide) rings is 1. The van der Waals surface area contributed by atoms with Crippen molar-refractivity contribution in [2.75, 3.05) is 4.90 Å². The Morgan fingerprint density at radius 3 is 2.55 bits per heavy atom. The maximum atomic E-state index is 12.6. The topological polar surface area (TPSA) is 37.4 Å². The normalized spacial score (nSPS) is 21.1. The summed E-state index contributed by atoms with van der Waals surface area (Å²) in [5.74, 6) is 0.175. The molecular weight excluding hydrogens is 341 g/mol. The van der Waals surface area contributed by atoms with Gasteiger partial charge >= 0.3 is 135 Å². The van der Waals surface area contributed by atoms with Gasteiger partial charge in [-0.05, 0) is 0 Å². The van der Waals surface area contributed by atoms with Gasteiger partial charge in [0.25, 0.3) is 0 Å². The third-order valence-corrected chi connectivity index (χ3v) is 7.78. The van der Waals surface area contributed by atoms with Gasteiger partial charge in [-0.3, -0.25) is 0 Å². The van der Waals surface area contributed by atoms with Gasteiger partial charge in [0.1, 0.15) is 0 Å². The van der Waals surface area contributed by atoms with Crippen molar-refractivity contribution in [1.82, 2.24) is 0 Å². The van der Waals surface area contributed by atoms with Gasteiger partial charge in [-0.15, -0.1) is 0 Å². The molecule has 1 saturated heterocycles. The molecule has 2 aliphatic rings. The Balaban J connectivity index is 1.72. The van der Waals surface area contributed by atoms with Crippen LogP contribution in [0.4, 0.5) is 5.69 Å². The monoisotopic (exact) mass is 357 g/mol. The number of carbonyl (C=O) groups is 2. The van der Waals surface area contributed by atoms with Crippen molar-refractivity contribution in [2.45, 2.75) is 18.8 Å². The molecule has 1 amide bonds. The predicted molar refractivity (Wildman–Crippen MR) is 86.8 cm³/mol. The number of ketones is 1. The second-order valence-corrected chi connectivity index (χ2v) is 8.60. The van der Waals surface area contributed by atoms with Crippen molar-refractivity contribution in [3.8, 4) is 0 Å². The quantitative estimate of drug-likeness (QED) is 0.469. The summed E-state index contributed by atoms with van der Waals surface area (Å²) in [5, 5.41) is 0. The summed E-state index contributed by atoms with van der Waals surface area (Å²) in [6, 6.07) is 15.1. The molecule has 1 atom stereocenters. The third kappa shape index (κ3) is 1.74. The summed E-state index contributed by atoms with van der Waals surface area (Å²) in [6.07, 6.45) is 0. The van der Waals surface area contributed by atoms with E-state index in [-0.39, 0.29) is 32.1 Å². The molecule has 0 N–H and O–H groups in total. The number of hydrogen-bond donors (Lipinski definition) is 0. The van der Waals surface area contributed by atoms with E-state index in [1.807, 2.05) is 67.3 Å². The Morgan fingerprint density at radius 2 is 1.82 bits per heavy atom. The van der Waals surface area contributed by atoms with Crippen LogP contribution in [0.5, 0.6) is 0 Å². The fourth-order valence-corrected chi connectivity index (χ4v) is 5.92. The number of fused-ring (bicyclic) bond motifs is 3. The molecule has 110 valence electrons. The van der Waals surface area contributed by atoms with Crippen molar-refractivity contribution < 1.29 is 9.59 Å². The first-order valence-corrected chi connectivity index (χ1v) is 9.09. The van der Waals surface area contributed by atoms with Crippen LogP contribution in [-0.4, -0.2) is 31.6 Å². The van der Waals surface area contributed by atoms with Gasteiger partial charge in [0.2, 0.25) is 0 Å². The van der Waals surface area contributed by atoms with Crippen LogP contribution in [0.1, 0.15) is 29.8 Å². The van der Waals surface area contributed by atoms with Crippen LogP contribution in [0.15, 0.2) is 48.5 Å². The first kappa shape index (κ1) is 13.7. The second kappa shape index (κ2) is 4.55. The summed E-state index contributed by atoms with van der Waals surface area (Å²) < 4.78 is 1.22. The Labute approximate surface area is 135 Å². The standard InChI is InChI=1S/C18H15NO2Se/c1-18(2)16(21)19-13-10-12(8-9-14(13)22-17(18)19)15(20)11-6-4-3-5-7-11/h3-10,17H,1-2H3. The molecule has 4 rings (SSSR count). The van der Waals surface area contributed by atoms with E-state index in [4.69, 9.17) is 0 Å². The van der Waals surface area contributed by atoms with Crippen molar-refractivity contribution >= 4 is 36.8 Å². The van der Waals surface area contributed by atoms with Crippen molar-refractivity contribution in [1.29, 1.82) is 0 Å². The molecule has 2 aromatic rings. The summed E-state index contributed by atoms with van der Waals surface area (Å²) in [7, 11) is 0. The number of anilines is 1. The molecule has 22 heavy (non-hydrogen) atoms. The molecule has 2 aliphatic heterocycles. The fourth-order valence-electron chi connectivity index (χ4n) is 3.04. The molecule has 0 bridgehead atoms. The summed E-state index contributed by atoms with van der Waals surface area (Å²) in [5.41, 5.74) is 2.01. The molecule has 0 spiro atoms. The first-order chi connectivity index (χ1) is 10.5. The second-order valence-electron chi connectivity index (χ2n) is 6.24. The van der Waals surface area contributed by atoms with Gasteiger partial charge in [-0.25, -0.2) is 0 Å². The van der Waals surface area contributed by atoms with Gasteiger partial charge in [0, 0.05) is 0 Å². The van der Waals surface area contributed by atoms with Gasteiger partial charge in [-0.1, -0.05) is 0 Å². The van der Waals surface area contributed by atoms with Crippen molar-refractivity contribution in [3.05, 3.63) is 59.7 Å². The average Bonchev–Trinajstić information content (AvgIpc) is 2.91. The third-order valence-electron chi connectivity index (χ3n) is 4.38. The van der Waals surface area contributed by atoms with Gasteiger partial charge < -0.3 is 0 Å². The molecule has 2 heterocycles. The molecule has 0 aromatic heterocycles. The van der Waals surface area contributed by atoms with E-state index in [1.54, 1.807) is 0 Å². The number of nitrogens with zero attached hydrogens (tertiary/aromatic N) is 1. The van der Waals surface area contributed by atoms with Crippen LogP contribution in [0, 0.1) is 5.41 Å². The summed E-state index contributed by atoms with van der Waals surface area (Å²) in [4.78, 5) is 27.1. The van der Waals surface area contributed by atoms with Crippen LogP contribution in [0.25, 0.3) is 0 Å². The number of rotatable bonds is 2. The van der Waals surface area contributed by atoms with Crippen LogP contribution < -0.4 is 9.36 Å². The van der Waals surface area contributed by atoms with Crippen LogP contribution in [0.3, 0.4) is 0 Å². The first-order valence-electron chi connectivity index (χ1n) is 7.24. The Bertz CT molecular complexity index is 798. The number of hydrogen-bond acceptors (Lipinski definition) is 2. The van der Waals surface area contributed by atoms with E-state index >= 15 is 0 Å². The minimum absolute atomic E-state index is 0.00610. The van der Waals surface area contributed by atoms with E-state index in [0.717, 1.165) is 5.69 Å². The maximum absolute atomic E-state index is 12.6. The molecular formula is C18H15NO2Se. The fraction of sp³-hybridized carbons (Fsp3) is 0.222. The zero-order valence-corrected chi connectivity index (χ0v) is 14.1. The molecule has 1 unspecified atom stereocenters. The van der Waals surface area contributed by atoms with E-state index < -0.39 is 0 Å². The molecule has 0 radical (unpaired) electrons. The van der Waals surface area contributed by atoms with E-state index in [9.17, 15) is 9.59 Å². The summed E-state index contributed by atoms with van der Waals surface area (Å²) in [6.45, 7) is 4.03. The zero-order chi connectivity index (χ0) is 15.5. The Kier molecular flexibility index (Phi) is 2.84. The average molecular weight is 356 g/mol. The van der Waals surface area contributed by atoms with Crippen molar-refractivity contribution in [2.24, 2.45) is 5.41 Å². The molecule has 1 fully saturated rings. The predicted octanol–water partition coefficient (Wildman–Crippen LogP) is 1.96. The van der Waals surface area contributed by atoms with Crippen LogP contribution >= 0.6 is 0 Å². The van der Waals surface area contributed by atoms with Crippen LogP contribution in [0.2, 0.25) is 0 Å². The van der Waals surface area contributed by atoms with Crippen molar-refractivity contribution in [3.63, 3.8) is 0 Å². The van der Waals surface area contributed by atoms with Gasteiger partial charge in [-0.2, -0.15) is 0 Å². The molecule has 4 heteroatoms. The van der Waals surface area contributed by atoms with E-state index in [1.165, 1.54) is 4.46 Å². The number of carbonyl (C=O) groups excluding carboxylic acids is 2. The Morgan fingerprint density at radius 1 is 1.09 bits per heavy atom. The molecule has 3 nitrogen and oxygen atoms in total. The van der Waals surface area contributed by atoms with Crippen LogP contribution in [-0.2, 0) is 4.79 Å².